The third-order valence-corrected chi connectivity index (χ3v) is 8.10. The molecule has 0 bridgehead atoms. The number of nitrogens with two attached hydrogens (primary N) is 1. The molecule has 5 N–H and O–H groups in total. The van der Waals surface area contributed by atoms with E-state index in [1.54, 1.807) is 0 Å². The lowest BCUT2D eigenvalue weighted by atomic mass is 10.1. The fourth-order valence-electron chi connectivity index (χ4n) is 5.24. The van der Waals surface area contributed by atoms with Crippen LogP contribution < -0.4 is 11.1 Å². The van der Waals surface area contributed by atoms with Gasteiger partial charge in [0.15, 0.2) is 12.6 Å². The molecule has 260 valence electrons. The zero-order valence-electron chi connectivity index (χ0n) is 29.0. The maximum atomic E-state index is 12.5. The molecule has 0 aliphatic heterocycles. The molecule has 0 radical (unpaired) electrons. The van der Waals surface area contributed by atoms with Gasteiger partial charge in [0.2, 0.25) is 0 Å². The van der Waals surface area contributed by atoms with Gasteiger partial charge in [-0.25, -0.2) is 4.79 Å². The van der Waals surface area contributed by atoms with Crippen molar-refractivity contribution in [2.75, 3.05) is 32.8 Å². The number of rotatable bonds is 34. The quantitative estimate of drug-likeness (QED) is 0.0471. The molecular weight excluding hydrogens is 556 g/mol. The summed E-state index contributed by atoms with van der Waals surface area (Å²) in [5.41, 5.74) is 3.80. The molecule has 0 saturated carbocycles. The Kier molecular flexibility index (Phi) is 32.9. The summed E-state index contributed by atoms with van der Waals surface area (Å²) in [6.07, 6.45) is 27.6. The molecule has 44 heavy (non-hydrogen) atoms. The maximum absolute atomic E-state index is 12.5. The highest BCUT2D eigenvalue weighted by atomic mass is 16.6. The van der Waals surface area contributed by atoms with Crippen LogP contribution in [-0.2, 0) is 28.6 Å². The van der Waals surface area contributed by atoms with Crippen molar-refractivity contribution in [2.45, 2.75) is 180 Å². The topological polar surface area (TPSA) is 123 Å². The molecular formula is C36H72N2O6+2. The van der Waals surface area contributed by atoms with Crippen LogP contribution in [0, 0.1) is 0 Å². The average molecular weight is 629 g/mol. The highest BCUT2D eigenvalue weighted by Gasteiger charge is 2.20. The first-order chi connectivity index (χ1) is 21.5. The number of hydrogen-bond acceptors (Lipinski definition) is 6. The van der Waals surface area contributed by atoms with E-state index in [0.717, 1.165) is 58.0 Å². The van der Waals surface area contributed by atoms with Crippen LogP contribution in [0.1, 0.15) is 174 Å². The molecule has 8 heteroatoms. The number of esters is 3. The third-order valence-electron chi connectivity index (χ3n) is 8.10. The predicted octanol–water partition coefficient (Wildman–Crippen LogP) is 6.58. The van der Waals surface area contributed by atoms with Crippen LogP contribution in [0.5, 0.6) is 0 Å². The summed E-state index contributed by atoms with van der Waals surface area (Å²) < 4.78 is 16.4. The number of carbonyl (C=O) groups excluding carboxylic acids is 3. The minimum atomic E-state index is -0.778. The molecule has 0 aromatic carbocycles. The van der Waals surface area contributed by atoms with Gasteiger partial charge in [0.05, 0.1) is 13.1 Å². The minimum Gasteiger partial charge on any atom is -0.462 e. The summed E-state index contributed by atoms with van der Waals surface area (Å²) >= 11 is 0. The van der Waals surface area contributed by atoms with E-state index in [-0.39, 0.29) is 37.7 Å². The molecule has 0 aromatic rings. The van der Waals surface area contributed by atoms with Crippen LogP contribution >= 0.6 is 0 Å². The number of quaternary nitrogens is 2. The summed E-state index contributed by atoms with van der Waals surface area (Å²) in [6, 6.07) is 0. The Labute approximate surface area is 270 Å². The first-order valence-corrected chi connectivity index (χ1v) is 18.6. The molecule has 0 rings (SSSR count). The normalized spacial score (nSPS) is 11.8. The standard InChI is InChI=1S/C36H70N2O6/c1-3-5-7-9-11-13-15-17-19-21-23-26-34(39)42-31-33(32-43-36(41)30-38-29-25-28-37)44-35(40)27-24-22-20-18-16-14-12-10-8-6-4-2/h33,38H,3-32,37H2,1-2H3/p+2. The van der Waals surface area contributed by atoms with Crippen LogP contribution in [0.3, 0.4) is 0 Å². The SMILES string of the molecule is CCCCCCCCCCCCCC(=O)OCC(COC(=O)C[NH2+]CCC[NH3+])OC(=O)CCCCCCCCCCCCC. The van der Waals surface area contributed by atoms with Gasteiger partial charge in [0.25, 0.3) is 0 Å². The number of carbonyl (C=O) groups is 3. The van der Waals surface area contributed by atoms with Crippen molar-refractivity contribution in [1.29, 1.82) is 0 Å². The monoisotopic (exact) mass is 629 g/mol. The summed E-state index contributed by atoms with van der Waals surface area (Å²) in [4.78, 5) is 37.0. The largest absolute Gasteiger partial charge is 0.462 e. The van der Waals surface area contributed by atoms with E-state index in [1.807, 2.05) is 5.32 Å². The van der Waals surface area contributed by atoms with Gasteiger partial charge in [-0.05, 0) is 12.8 Å². The van der Waals surface area contributed by atoms with E-state index in [2.05, 4.69) is 19.6 Å². The van der Waals surface area contributed by atoms with Crippen molar-refractivity contribution in [3.05, 3.63) is 0 Å². The molecule has 1 unspecified atom stereocenters. The van der Waals surface area contributed by atoms with Gasteiger partial charge in [-0.15, -0.1) is 0 Å². The Hall–Kier alpha value is -1.67. The van der Waals surface area contributed by atoms with Crippen LogP contribution in [-0.4, -0.2) is 56.9 Å². The van der Waals surface area contributed by atoms with E-state index in [9.17, 15) is 14.4 Å². The molecule has 0 spiro atoms. The molecule has 0 aromatic heterocycles. The predicted molar refractivity (Wildman–Crippen MR) is 178 cm³/mol. The maximum Gasteiger partial charge on any atom is 0.361 e. The molecule has 1 atom stereocenters. The van der Waals surface area contributed by atoms with Crippen LogP contribution in [0.4, 0.5) is 0 Å². The van der Waals surface area contributed by atoms with Crippen LogP contribution in [0.2, 0.25) is 0 Å². The number of unbranched alkanes of at least 4 members (excludes halogenated alkanes) is 20. The first-order valence-electron chi connectivity index (χ1n) is 18.6. The molecule has 8 nitrogen and oxygen atoms in total. The highest BCUT2D eigenvalue weighted by molar-refractivity contribution is 5.71. The van der Waals surface area contributed by atoms with Gasteiger partial charge in [-0.1, -0.05) is 142 Å². The summed E-state index contributed by atoms with van der Waals surface area (Å²) in [5.74, 6) is -0.988. The molecule has 0 saturated heterocycles. The van der Waals surface area contributed by atoms with Crippen molar-refractivity contribution in [2.24, 2.45) is 0 Å². The van der Waals surface area contributed by atoms with Gasteiger partial charge < -0.3 is 25.3 Å². The van der Waals surface area contributed by atoms with Gasteiger partial charge in [-0.3, -0.25) is 9.59 Å². The average Bonchev–Trinajstić information content (AvgIpc) is 3.02. The van der Waals surface area contributed by atoms with E-state index in [4.69, 9.17) is 14.2 Å². The Balaban J connectivity index is 4.23. The third kappa shape index (κ3) is 31.7. The van der Waals surface area contributed by atoms with Crippen molar-refractivity contribution >= 4 is 17.9 Å². The number of hydrogen-bond donors (Lipinski definition) is 2. The van der Waals surface area contributed by atoms with Crippen LogP contribution in [0.15, 0.2) is 0 Å². The fourth-order valence-corrected chi connectivity index (χ4v) is 5.24. The van der Waals surface area contributed by atoms with E-state index in [0.29, 0.717) is 12.8 Å². The van der Waals surface area contributed by atoms with Crippen molar-refractivity contribution in [3.63, 3.8) is 0 Å². The van der Waals surface area contributed by atoms with Crippen molar-refractivity contribution < 1.29 is 39.6 Å². The second kappa shape index (κ2) is 34.2. The number of ether oxygens (including phenoxy) is 3. The zero-order valence-corrected chi connectivity index (χ0v) is 29.0. The lowest BCUT2D eigenvalue weighted by molar-refractivity contribution is -0.647. The Bertz CT molecular complexity index is 661. The van der Waals surface area contributed by atoms with E-state index >= 15 is 0 Å². The first kappa shape index (κ1) is 42.3. The molecule has 0 amide bonds. The minimum absolute atomic E-state index is 0.0840. The summed E-state index contributed by atoms with van der Waals surface area (Å²) in [5, 5.41) is 1.88. The molecule has 0 aliphatic rings. The van der Waals surface area contributed by atoms with Gasteiger partial charge >= 0.3 is 17.9 Å². The Morgan fingerprint density at radius 1 is 0.523 bits per heavy atom. The van der Waals surface area contributed by atoms with Crippen molar-refractivity contribution in [3.8, 4) is 0 Å². The fraction of sp³-hybridized carbons (Fsp3) is 0.917. The zero-order chi connectivity index (χ0) is 32.4. The Morgan fingerprint density at radius 3 is 1.34 bits per heavy atom. The lowest BCUT2D eigenvalue weighted by Gasteiger charge is -2.18. The molecule has 0 fully saturated rings. The molecule has 0 aliphatic carbocycles. The smallest absolute Gasteiger partial charge is 0.361 e. The van der Waals surface area contributed by atoms with Gasteiger partial charge in [0.1, 0.15) is 13.2 Å². The summed E-state index contributed by atoms with van der Waals surface area (Å²) in [6.45, 7) is 6.15. The van der Waals surface area contributed by atoms with Crippen molar-refractivity contribution in [1.82, 2.24) is 0 Å². The highest BCUT2D eigenvalue weighted by Crippen LogP contribution is 2.14. The second-order valence-corrected chi connectivity index (χ2v) is 12.5. The molecule has 0 heterocycles. The van der Waals surface area contributed by atoms with E-state index < -0.39 is 6.10 Å². The van der Waals surface area contributed by atoms with Gasteiger partial charge in [-0.2, -0.15) is 0 Å². The summed E-state index contributed by atoms with van der Waals surface area (Å²) in [7, 11) is 0. The van der Waals surface area contributed by atoms with Gasteiger partial charge in [0, 0.05) is 19.3 Å². The Morgan fingerprint density at radius 2 is 0.909 bits per heavy atom. The van der Waals surface area contributed by atoms with E-state index in [1.165, 1.54) is 103 Å². The second-order valence-electron chi connectivity index (χ2n) is 12.5. The van der Waals surface area contributed by atoms with Crippen LogP contribution in [0.25, 0.3) is 0 Å². The lowest BCUT2D eigenvalue weighted by Crippen LogP contribution is -2.86.